The average Bonchev–Trinajstić information content (AvgIpc) is 3.02. The second-order valence-electron chi connectivity index (χ2n) is 15.1. The highest BCUT2D eigenvalue weighted by Crippen LogP contribution is 2.73. The fourth-order valence-corrected chi connectivity index (χ4v) is 10.3. The summed E-state index contributed by atoms with van der Waals surface area (Å²) in [6.45, 7) is 19.8. The minimum atomic E-state index is -0.329. The number of Topliss-reactive ketones (excluding diaryl/α,β-unsaturated/α-hetero) is 2. The highest BCUT2D eigenvalue weighted by atomic mass is 16.5. The Bertz CT molecular complexity index is 904. The van der Waals surface area contributed by atoms with Gasteiger partial charge in [-0.2, -0.15) is 0 Å². The van der Waals surface area contributed by atoms with Gasteiger partial charge >= 0.3 is 5.97 Å². The summed E-state index contributed by atoms with van der Waals surface area (Å²) < 4.78 is 5.76. The lowest BCUT2D eigenvalue weighted by molar-refractivity contribution is -0.206. The highest BCUT2D eigenvalue weighted by Gasteiger charge is 2.72. The van der Waals surface area contributed by atoms with Crippen LogP contribution in [-0.2, 0) is 19.1 Å². The van der Waals surface area contributed by atoms with Crippen molar-refractivity contribution in [3.63, 3.8) is 0 Å². The molecule has 0 bridgehead atoms. The normalized spacial score (nSPS) is 44.6. The third-order valence-electron chi connectivity index (χ3n) is 12.4. The molecule has 204 valence electrons. The van der Waals surface area contributed by atoms with Crippen LogP contribution in [0.3, 0.4) is 0 Å². The molecule has 4 rings (SSSR count). The summed E-state index contributed by atoms with van der Waals surface area (Å²) in [7, 11) is 0. The van der Waals surface area contributed by atoms with Gasteiger partial charge in [0.2, 0.25) is 0 Å². The summed E-state index contributed by atoms with van der Waals surface area (Å²) in [5.74, 6) is 1.89. The van der Waals surface area contributed by atoms with Gasteiger partial charge in [0.1, 0.15) is 17.7 Å². The molecule has 4 aliphatic carbocycles. The second-order valence-corrected chi connectivity index (χ2v) is 15.1. The van der Waals surface area contributed by atoms with Crippen molar-refractivity contribution in [3.8, 4) is 0 Å². The van der Waals surface area contributed by atoms with Crippen LogP contribution in [0.2, 0.25) is 0 Å². The third-order valence-corrected chi connectivity index (χ3v) is 12.4. The first-order valence-electron chi connectivity index (χ1n) is 14.8. The predicted molar refractivity (Wildman–Crippen MR) is 143 cm³/mol. The van der Waals surface area contributed by atoms with Crippen molar-refractivity contribution < 1.29 is 19.1 Å². The molecular formula is C32H52O4. The van der Waals surface area contributed by atoms with E-state index in [2.05, 4.69) is 55.4 Å². The third kappa shape index (κ3) is 4.03. The van der Waals surface area contributed by atoms with Gasteiger partial charge in [-0.3, -0.25) is 14.4 Å². The van der Waals surface area contributed by atoms with Crippen molar-refractivity contribution in [1.29, 1.82) is 0 Å². The molecule has 0 N–H and O–H groups in total. The maximum absolute atomic E-state index is 14.2. The molecule has 0 heterocycles. The predicted octanol–water partition coefficient (Wildman–Crippen LogP) is 7.42. The second kappa shape index (κ2) is 9.23. The zero-order valence-corrected chi connectivity index (χ0v) is 24.5. The lowest BCUT2D eigenvalue weighted by Gasteiger charge is -2.65. The summed E-state index contributed by atoms with van der Waals surface area (Å²) in [6.07, 6.45) is 8.48. The molecule has 4 heteroatoms. The van der Waals surface area contributed by atoms with E-state index in [-0.39, 0.29) is 51.5 Å². The minimum Gasteiger partial charge on any atom is -0.462 e. The molecule has 1 unspecified atom stereocenters. The summed E-state index contributed by atoms with van der Waals surface area (Å²) in [5, 5.41) is 0. The molecule has 4 nitrogen and oxygen atoms in total. The van der Waals surface area contributed by atoms with Gasteiger partial charge < -0.3 is 4.74 Å². The van der Waals surface area contributed by atoms with Crippen LogP contribution in [0.25, 0.3) is 0 Å². The molecule has 0 amide bonds. The van der Waals surface area contributed by atoms with Gasteiger partial charge in [0.15, 0.2) is 0 Å². The molecule has 0 aromatic rings. The van der Waals surface area contributed by atoms with Crippen LogP contribution < -0.4 is 0 Å². The number of ketones is 2. The van der Waals surface area contributed by atoms with E-state index in [0.717, 1.165) is 31.6 Å². The maximum Gasteiger partial charge on any atom is 0.302 e. The van der Waals surface area contributed by atoms with E-state index in [9.17, 15) is 14.4 Å². The Morgan fingerprint density at radius 2 is 1.58 bits per heavy atom. The first-order valence-corrected chi connectivity index (χ1v) is 14.8. The molecule has 0 aromatic carbocycles. The van der Waals surface area contributed by atoms with Crippen LogP contribution >= 0.6 is 0 Å². The van der Waals surface area contributed by atoms with Gasteiger partial charge in [-0.15, -0.1) is 0 Å². The Morgan fingerprint density at radius 3 is 2.19 bits per heavy atom. The summed E-state index contributed by atoms with van der Waals surface area (Å²) in [4.78, 5) is 40.2. The number of ether oxygens (including phenoxy) is 1. The highest BCUT2D eigenvalue weighted by molar-refractivity contribution is 5.95. The first kappa shape index (κ1) is 27.8. The largest absolute Gasteiger partial charge is 0.462 e. The lowest BCUT2D eigenvalue weighted by Crippen LogP contribution is -2.67. The SMILES string of the molecule is CC(=O)OC1CC[C@]2(C)[C@H]3C(=O)C[C@]4(C)[C@@H]([C@H](C)CCCC(C)C)CC[C@@]4(C)[C@@H]3C(=O)C[C@H]2C1(C)C. The summed E-state index contributed by atoms with van der Waals surface area (Å²) in [6, 6.07) is 0. The lowest BCUT2D eigenvalue weighted by atomic mass is 9.37. The molecule has 4 aliphatic rings. The Morgan fingerprint density at radius 1 is 0.917 bits per heavy atom. The Labute approximate surface area is 220 Å². The molecule has 0 spiro atoms. The fraction of sp³-hybridized carbons (Fsp3) is 0.906. The monoisotopic (exact) mass is 500 g/mol. The van der Waals surface area contributed by atoms with Crippen LogP contribution in [-0.4, -0.2) is 23.6 Å². The van der Waals surface area contributed by atoms with Crippen molar-refractivity contribution in [2.24, 2.45) is 57.2 Å². The van der Waals surface area contributed by atoms with Crippen molar-refractivity contribution in [2.45, 2.75) is 126 Å². The zero-order chi connectivity index (χ0) is 26.8. The first-order chi connectivity index (χ1) is 16.6. The van der Waals surface area contributed by atoms with Gasteiger partial charge in [0.25, 0.3) is 0 Å². The molecular weight excluding hydrogens is 448 g/mol. The maximum atomic E-state index is 14.2. The number of carbonyl (C=O) groups excluding carboxylic acids is 3. The van der Waals surface area contributed by atoms with Crippen molar-refractivity contribution in [1.82, 2.24) is 0 Å². The smallest absolute Gasteiger partial charge is 0.302 e. The summed E-state index contributed by atoms with van der Waals surface area (Å²) >= 11 is 0. The Balaban J connectivity index is 1.65. The van der Waals surface area contributed by atoms with E-state index >= 15 is 0 Å². The van der Waals surface area contributed by atoms with E-state index in [1.165, 1.54) is 26.2 Å². The number of esters is 1. The number of carbonyl (C=O) groups is 3. The molecule has 0 radical (unpaired) electrons. The molecule has 36 heavy (non-hydrogen) atoms. The fourth-order valence-electron chi connectivity index (χ4n) is 10.3. The van der Waals surface area contributed by atoms with Crippen molar-refractivity contribution >= 4 is 17.5 Å². The molecule has 0 aliphatic heterocycles. The van der Waals surface area contributed by atoms with E-state index in [4.69, 9.17) is 4.74 Å². The van der Waals surface area contributed by atoms with Crippen molar-refractivity contribution in [2.75, 3.05) is 0 Å². The van der Waals surface area contributed by atoms with Crippen molar-refractivity contribution in [3.05, 3.63) is 0 Å². The quantitative estimate of drug-likeness (QED) is 0.356. The van der Waals surface area contributed by atoms with Crippen LogP contribution in [0, 0.1) is 57.2 Å². The van der Waals surface area contributed by atoms with Gasteiger partial charge in [-0.05, 0) is 65.6 Å². The number of hydrogen-bond donors (Lipinski definition) is 0. The van der Waals surface area contributed by atoms with Crippen LogP contribution in [0.4, 0.5) is 0 Å². The number of hydrogen-bond acceptors (Lipinski definition) is 4. The topological polar surface area (TPSA) is 60.4 Å². The standard InChI is InChI=1S/C32H52O4/c1-19(2)11-10-12-20(3)22-13-16-31(8)28-23(34)17-25-29(5,6)26(36-21(4)33)14-15-30(25,7)27(28)24(35)18-32(22,31)9/h19-20,22,25-28H,10-18H2,1-9H3/t20-,22-,25+,26?,27+,28-,30+,31+,32-/m1/s1. The van der Waals surface area contributed by atoms with Crippen LogP contribution in [0.15, 0.2) is 0 Å². The molecule has 9 atom stereocenters. The van der Waals surface area contributed by atoms with Gasteiger partial charge in [0, 0.05) is 37.0 Å². The average molecular weight is 501 g/mol. The zero-order valence-electron chi connectivity index (χ0n) is 24.5. The molecule has 0 aromatic heterocycles. The van der Waals surface area contributed by atoms with E-state index in [0.29, 0.717) is 36.2 Å². The van der Waals surface area contributed by atoms with Gasteiger partial charge in [-0.1, -0.05) is 74.7 Å². The minimum absolute atomic E-state index is 0.0564. The Hall–Kier alpha value is -1.19. The molecule has 4 saturated carbocycles. The molecule has 4 fully saturated rings. The van der Waals surface area contributed by atoms with E-state index < -0.39 is 0 Å². The molecule has 0 saturated heterocycles. The summed E-state index contributed by atoms with van der Waals surface area (Å²) in [5.41, 5.74) is -0.776. The van der Waals surface area contributed by atoms with Gasteiger partial charge in [0.05, 0.1) is 0 Å². The Kier molecular flexibility index (Phi) is 7.13. The number of rotatable bonds is 6. The number of fused-ring (bicyclic) bond motifs is 5. The van der Waals surface area contributed by atoms with Crippen LogP contribution in [0.5, 0.6) is 0 Å². The van der Waals surface area contributed by atoms with Gasteiger partial charge in [-0.25, -0.2) is 0 Å². The van der Waals surface area contributed by atoms with E-state index in [1.807, 2.05) is 0 Å². The van der Waals surface area contributed by atoms with E-state index in [1.54, 1.807) is 0 Å². The van der Waals surface area contributed by atoms with Crippen LogP contribution in [0.1, 0.15) is 120 Å².